The van der Waals surface area contributed by atoms with Gasteiger partial charge in [0, 0.05) is 36.6 Å². The number of carbonyl (C=O) groups is 2. The fraction of sp³-hybridized carbons (Fsp3) is 0.381. The summed E-state index contributed by atoms with van der Waals surface area (Å²) in [5.74, 6) is 0.656. The summed E-state index contributed by atoms with van der Waals surface area (Å²) in [4.78, 5) is 31.4. The number of pyridine rings is 1. The number of methoxy groups -OCH3 is 2. The van der Waals surface area contributed by atoms with E-state index in [0.29, 0.717) is 28.4 Å². The number of hydrogen-bond donors (Lipinski definition) is 1. The molecular weight excluding hydrogens is 358 g/mol. The molecule has 0 bridgehead atoms. The van der Waals surface area contributed by atoms with E-state index in [1.165, 1.54) is 13.3 Å². The summed E-state index contributed by atoms with van der Waals surface area (Å²) in [6, 6.07) is 8.26. The fourth-order valence-electron chi connectivity index (χ4n) is 3.24. The zero-order valence-electron chi connectivity index (χ0n) is 16.2. The second-order valence-electron chi connectivity index (χ2n) is 6.66. The van der Waals surface area contributed by atoms with E-state index < -0.39 is 0 Å². The van der Waals surface area contributed by atoms with Crippen LogP contribution in [0.15, 0.2) is 36.5 Å². The zero-order valence-corrected chi connectivity index (χ0v) is 16.2. The van der Waals surface area contributed by atoms with Crippen LogP contribution in [0.3, 0.4) is 0 Å². The van der Waals surface area contributed by atoms with Crippen molar-refractivity contribution in [2.45, 2.75) is 25.7 Å². The smallest absolute Gasteiger partial charge is 0.272 e. The predicted octanol–water partition coefficient (Wildman–Crippen LogP) is 3.37. The summed E-state index contributed by atoms with van der Waals surface area (Å²) in [7, 11) is 3.09. The Morgan fingerprint density at radius 1 is 0.964 bits per heavy atom. The van der Waals surface area contributed by atoms with Crippen LogP contribution in [0.5, 0.6) is 11.5 Å². The van der Waals surface area contributed by atoms with Gasteiger partial charge >= 0.3 is 0 Å². The van der Waals surface area contributed by atoms with Crippen molar-refractivity contribution in [3.8, 4) is 11.5 Å². The lowest BCUT2D eigenvalue weighted by atomic mass is 10.2. The highest BCUT2D eigenvalue weighted by Crippen LogP contribution is 2.29. The van der Waals surface area contributed by atoms with E-state index in [9.17, 15) is 9.59 Å². The van der Waals surface area contributed by atoms with Crippen LogP contribution in [0.2, 0.25) is 0 Å². The van der Waals surface area contributed by atoms with Crippen molar-refractivity contribution in [2.24, 2.45) is 0 Å². The van der Waals surface area contributed by atoms with Gasteiger partial charge in [0.25, 0.3) is 11.8 Å². The van der Waals surface area contributed by atoms with Crippen molar-refractivity contribution in [2.75, 3.05) is 32.6 Å². The minimum Gasteiger partial charge on any atom is -0.493 e. The number of benzene rings is 1. The first-order valence-electron chi connectivity index (χ1n) is 9.41. The van der Waals surface area contributed by atoms with E-state index in [2.05, 4.69) is 10.3 Å². The minimum absolute atomic E-state index is 0.123. The van der Waals surface area contributed by atoms with Crippen LogP contribution in [0, 0.1) is 0 Å². The molecule has 1 aliphatic heterocycles. The van der Waals surface area contributed by atoms with Gasteiger partial charge in [-0.05, 0) is 37.1 Å². The summed E-state index contributed by atoms with van der Waals surface area (Å²) in [6.07, 6.45) is 5.79. The highest BCUT2D eigenvalue weighted by molar-refractivity contribution is 6.05. The Balaban J connectivity index is 1.74. The van der Waals surface area contributed by atoms with Crippen molar-refractivity contribution >= 4 is 17.5 Å². The van der Waals surface area contributed by atoms with Crippen molar-refractivity contribution < 1.29 is 19.1 Å². The quantitative estimate of drug-likeness (QED) is 0.856. The Labute approximate surface area is 164 Å². The van der Waals surface area contributed by atoms with Gasteiger partial charge in [-0.25, -0.2) is 0 Å². The lowest BCUT2D eigenvalue weighted by Gasteiger charge is -2.19. The molecule has 2 heterocycles. The molecule has 148 valence electrons. The molecule has 0 unspecified atom stereocenters. The predicted molar refractivity (Wildman–Crippen MR) is 106 cm³/mol. The van der Waals surface area contributed by atoms with Gasteiger partial charge in [0.15, 0.2) is 11.5 Å². The molecule has 0 saturated carbocycles. The van der Waals surface area contributed by atoms with E-state index in [4.69, 9.17) is 9.47 Å². The number of amides is 2. The van der Waals surface area contributed by atoms with Crippen LogP contribution in [-0.4, -0.2) is 49.0 Å². The highest BCUT2D eigenvalue weighted by atomic mass is 16.5. The third-order valence-electron chi connectivity index (χ3n) is 4.78. The van der Waals surface area contributed by atoms with Crippen molar-refractivity contribution in [3.63, 3.8) is 0 Å². The second kappa shape index (κ2) is 9.21. The molecule has 7 heteroatoms. The molecule has 1 saturated heterocycles. The van der Waals surface area contributed by atoms with E-state index in [0.717, 1.165) is 38.8 Å². The highest BCUT2D eigenvalue weighted by Gasteiger charge is 2.20. The van der Waals surface area contributed by atoms with Gasteiger partial charge in [-0.3, -0.25) is 14.6 Å². The maximum Gasteiger partial charge on any atom is 0.272 e. The summed E-state index contributed by atoms with van der Waals surface area (Å²) >= 11 is 0. The standard InChI is InChI=1S/C21H25N3O4/c1-27-18-8-7-16(14-19(18)28-2)23-20(25)15-9-10-22-17(13-15)21(26)24-11-5-3-4-6-12-24/h7-10,13-14H,3-6,11-12H2,1-2H3,(H,23,25). The molecule has 0 atom stereocenters. The first kappa shape index (κ1) is 19.7. The molecule has 7 nitrogen and oxygen atoms in total. The number of nitrogens with one attached hydrogen (secondary N) is 1. The van der Waals surface area contributed by atoms with Gasteiger partial charge in [-0.1, -0.05) is 12.8 Å². The number of aromatic nitrogens is 1. The Kier molecular flexibility index (Phi) is 6.47. The van der Waals surface area contributed by atoms with Gasteiger partial charge in [-0.2, -0.15) is 0 Å². The van der Waals surface area contributed by atoms with Gasteiger partial charge in [0.05, 0.1) is 14.2 Å². The Bertz CT molecular complexity index is 845. The molecule has 1 fully saturated rings. The van der Waals surface area contributed by atoms with Gasteiger partial charge in [0.2, 0.25) is 0 Å². The average molecular weight is 383 g/mol. The van der Waals surface area contributed by atoms with Gasteiger partial charge < -0.3 is 19.7 Å². The van der Waals surface area contributed by atoms with Crippen molar-refractivity contribution in [3.05, 3.63) is 47.8 Å². The number of rotatable bonds is 5. The summed E-state index contributed by atoms with van der Waals surface area (Å²) in [6.45, 7) is 1.48. The third kappa shape index (κ3) is 4.60. The Hall–Kier alpha value is -3.09. The average Bonchev–Trinajstić information content (AvgIpc) is 3.02. The minimum atomic E-state index is -0.320. The largest absolute Gasteiger partial charge is 0.493 e. The zero-order chi connectivity index (χ0) is 19.9. The molecule has 2 aromatic rings. The molecule has 3 rings (SSSR count). The summed E-state index contributed by atoms with van der Waals surface area (Å²) < 4.78 is 10.5. The van der Waals surface area contributed by atoms with Crippen LogP contribution < -0.4 is 14.8 Å². The second-order valence-corrected chi connectivity index (χ2v) is 6.66. The molecule has 0 spiro atoms. The van der Waals surface area contributed by atoms with E-state index in [-0.39, 0.29) is 11.8 Å². The topological polar surface area (TPSA) is 80.8 Å². The van der Waals surface area contributed by atoms with Crippen molar-refractivity contribution in [1.82, 2.24) is 9.88 Å². The summed E-state index contributed by atoms with van der Waals surface area (Å²) in [5, 5.41) is 2.81. The molecule has 1 aromatic carbocycles. The van der Waals surface area contributed by atoms with Crippen molar-refractivity contribution in [1.29, 1.82) is 0 Å². The molecule has 28 heavy (non-hydrogen) atoms. The molecular formula is C21H25N3O4. The van der Waals surface area contributed by atoms with Crippen LogP contribution in [0.4, 0.5) is 5.69 Å². The maximum absolute atomic E-state index is 12.7. The molecule has 1 N–H and O–H groups in total. The number of anilines is 1. The molecule has 0 radical (unpaired) electrons. The molecule has 1 aromatic heterocycles. The molecule has 2 amide bonds. The first-order chi connectivity index (χ1) is 13.6. The van der Waals surface area contributed by atoms with E-state index in [1.54, 1.807) is 37.4 Å². The SMILES string of the molecule is COc1ccc(NC(=O)c2ccnc(C(=O)N3CCCCCC3)c2)cc1OC. The third-order valence-corrected chi connectivity index (χ3v) is 4.78. The van der Waals surface area contributed by atoms with Crippen LogP contribution in [0.1, 0.15) is 46.5 Å². The number of likely N-dealkylation sites (tertiary alicyclic amines) is 1. The van der Waals surface area contributed by atoms with Crippen LogP contribution in [0.25, 0.3) is 0 Å². The van der Waals surface area contributed by atoms with E-state index >= 15 is 0 Å². The van der Waals surface area contributed by atoms with Crippen LogP contribution >= 0.6 is 0 Å². The molecule has 1 aliphatic rings. The van der Waals surface area contributed by atoms with E-state index in [1.807, 2.05) is 4.90 Å². The number of ether oxygens (including phenoxy) is 2. The Morgan fingerprint density at radius 2 is 1.68 bits per heavy atom. The monoisotopic (exact) mass is 383 g/mol. The van der Waals surface area contributed by atoms with Crippen LogP contribution in [-0.2, 0) is 0 Å². The number of hydrogen-bond acceptors (Lipinski definition) is 5. The first-order valence-corrected chi connectivity index (χ1v) is 9.41. The lowest BCUT2D eigenvalue weighted by Crippen LogP contribution is -2.32. The number of carbonyl (C=O) groups excluding carboxylic acids is 2. The normalized spacial score (nSPS) is 14.1. The molecule has 0 aliphatic carbocycles. The summed E-state index contributed by atoms with van der Waals surface area (Å²) in [5.41, 5.74) is 1.24. The van der Waals surface area contributed by atoms with Gasteiger partial charge in [0.1, 0.15) is 5.69 Å². The fourth-order valence-corrected chi connectivity index (χ4v) is 3.24. The van der Waals surface area contributed by atoms with Gasteiger partial charge in [-0.15, -0.1) is 0 Å². The lowest BCUT2D eigenvalue weighted by molar-refractivity contribution is 0.0755. The number of nitrogens with zero attached hydrogens (tertiary/aromatic N) is 2. The Morgan fingerprint density at radius 3 is 2.36 bits per heavy atom. The maximum atomic E-state index is 12.7.